The molecule has 0 amide bonds. The molecular weight excluding hydrogens is 392 g/mol. The molecule has 158 valence electrons. The topological polar surface area (TPSA) is 68.3 Å². The van der Waals surface area contributed by atoms with Crippen LogP contribution in [0.3, 0.4) is 0 Å². The Bertz CT molecular complexity index is 912. The van der Waals surface area contributed by atoms with Crippen LogP contribution in [0.5, 0.6) is 0 Å². The summed E-state index contributed by atoms with van der Waals surface area (Å²) in [5.41, 5.74) is 2.15. The molecule has 3 heterocycles. The third-order valence-corrected chi connectivity index (χ3v) is 6.33. The van der Waals surface area contributed by atoms with Crippen LogP contribution in [0.25, 0.3) is 11.3 Å². The maximum Gasteiger partial charge on any atom is 0.191 e. The fourth-order valence-corrected chi connectivity index (χ4v) is 4.70. The van der Waals surface area contributed by atoms with Crippen molar-refractivity contribution in [2.45, 2.75) is 32.4 Å². The molecule has 0 aliphatic carbocycles. The summed E-state index contributed by atoms with van der Waals surface area (Å²) in [4.78, 5) is 16.6. The van der Waals surface area contributed by atoms with Crippen LogP contribution in [0.2, 0.25) is 0 Å². The summed E-state index contributed by atoms with van der Waals surface area (Å²) in [6.45, 7) is 6.62. The van der Waals surface area contributed by atoms with Gasteiger partial charge in [0, 0.05) is 18.0 Å². The maximum absolute atomic E-state index is 4.76. The molecule has 1 saturated heterocycles. The maximum atomic E-state index is 4.76. The molecule has 7 heteroatoms. The lowest BCUT2D eigenvalue weighted by atomic mass is 10.2. The molecule has 0 saturated carbocycles. The second-order valence-electron chi connectivity index (χ2n) is 7.46. The molecule has 6 nitrogen and oxygen atoms in total. The Morgan fingerprint density at radius 1 is 1.17 bits per heavy atom. The van der Waals surface area contributed by atoms with Crippen molar-refractivity contribution in [1.29, 1.82) is 0 Å². The lowest BCUT2D eigenvalue weighted by Gasteiger charge is -2.27. The second-order valence-corrected chi connectivity index (χ2v) is 8.44. The highest BCUT2D eigenvalue weighted by Gasteiger charge is 2.24. The number of hydrogen-bond donors (Lipinski definition) is 3. The van der Waals surface area contributed by atoms with Gasteiger partial charge in [0.05, 0.1) is 17.9 Å². The average Bonchev–Trinajstić information content (AvgIpc) is 3.56. The summed E-state index contributed by atoms with van der Waals surface area (Å²) < 4.78 is 0. The number of likely N-dealkylation sites (tertiary alicyclic amines) is 1. The van der Waals surface area contributed by atoms with Crippen molar-refractivity contribution in [3.8, 4) is 11.3 Å². The van der Waals surface area contributed by atoms with E-state index in [1.165, 1.54) is 30.8 Å². The Morgan fingerprint density at radius 2 is 2.00 bits per heavy atom. The molecule has 1 fully saturated rings. The van der Waals surface area contributed by atoms with Gasteiger partial charge >= 0.3 is 0 Å². The largest absolute Gasteiger partial charge is 0.357 e. The molecule has 0 spiro atoms. The fraction of sp³-hybridized carbons (Fsp3) is 0.391. The van der Waals surface area contributed by atoms with Gasteiger partial charge in [-0.2, -0.15) is 0 Å². The van der Waals surface area contributed by atoms with Crippen LogP contribution in [-0.4, -0.2) is 47.0 Å². The minimum absolute atomic E-state index is 0.393. The molecule has 0 radical (unpaired) electrons. The first kappa shape index (κ1) is 20.6. The van der Waals surface area contributed by atoms with Gasteiger partial charge in [-0.3, -0.25) is 4.90 Å². The number of hydrogen-bond acceptors (Lipinski definition) is 4. The van der Waals surface area contributed by atoms with Crippen molar-refractivity contribution in [2.75, 3.05) is 26.2 Å². The lowest BCUT2D eigenvalue weighted by molar-refractivity contribution is 0.249. The zero-order chi connectivity index (χ0) is 20.6. The van der Waals surface area contributed by atoms with E-state index in [0.29, 0.717) is 12.6 Å². The van der Waals surface area contributed by atoms with E-state index >= 15 is 0 Å². The van der Waals surface area contributed by atoms with Gasteiger partial charge in [-0.15, -0.1) is 11.3 Å². The lowest BCUT2D eigenvalue weighted by Crippen LogP contribution is -2.42. The van der Waals surface area contributed by atoms with E-state index in [-0.39, 0.29) is 0 Å². The summed E-state index contributed by atoms with van der Waals surface area (Å²) in [5.74, 6) is 1.69. The van der Waals surface area contributed by atoms with E-state index < -0.39 is 0 Å². The zero-order valence-corrected chi connectivity index (χ0v) is 18.3. The van der Waals surface area contributed by atoms with E-state index in [4.69, 9.17) is 4.99 Å². The van der Waals surface area contributed by atoms with Crippen LogP contribution in [0.1, 0.15) is 36.5 Å². The van der Waals surface area contributed by atoms with E-state index in [0.717, 1.165) is 36.1 Å². The summed E-state index contributed by atoms with van der Waals surface area (Å²) in [6, 6.07) is 15.0. The number of guanidine groups is 1. The third kappa shape index (κ3) is 5.29. The Labute approximate surface area is 182 Å². The summed E-state index contributed by atoms with van der Waals surface area (Å²) in [6.07, 6.45) is 4.46. The SMILES string of the molecule is CCNC(=NCc1ncc(-c2ccccc2)[nH]1)NCC(c1cccs1)N1CCCC1. The number of H-pyrrole nitrogens is 1. The number of imidazole rings is 1. The number of nitrogens with one attached hydrogen (secondary N) is 3. The van der Waals surface area contributed by atoms with Crippen molar-refractivity contribution in [1.82, 2.24) is 25.5 Å². The van der Waals surface area contributed by atoms with Crippen LogP contribution in [-0.2, 0) is 6.54 Å². The predicted molar refractivity (Wildman–Crippen MR) is 125 cm³/mol. The number of benzene rings is 1. The average molecular weight is 423 g/mol. The highest BCUT2D eigenvalue weighted by molar-refractivity contribution is 7.10. The molecule has 1 aliphatic heterocycles. The summed E-state index contributed by atoms with van der Waals surface area (Å²) in [5, 5.41) is 9.09. The molecule has 1 aliphatic rings. The van der Waals surface area contributed by atoms with Crippen LogP contribution in [0, 0.1) is 0 Å². The number of nitrogens with zero attached hydrogens (tertiary/aromatic N) is 3. The van der Waals surface area contributed by atoms with Crippen LogP contribution in [0.4, 0.5) is 0 Å². The molecule has 0 bridgehead atoms. The van der Waals surface area contributed by atoms with E-state index in [1.54, 1.807) is 0 Å². The Kier molecular flexibility index (Phi) is 7.16. The van der Waals surface area contributed by atoms with E-state index in [2.05, 4.69) is 62.1 Å². The van der Waals surface area contributed by atoms with Gasteiger partial charge in [0.2, 0.25) is 0 Å². The standard InChI is InChI=1S/C23H30N6S/c1-2-24-23(26-16-20(21-11-8-14-30-21)29-12-6-7-13-29)27-17-22-25-15-19(28-22)18-9-4-3-5-10-18/h3-5,8-11,14-15,20H,2,6-7,12-13,16-17H2,1H3,(H,25,28)(H2,24,26,27). The van der Waals surface area contributed by atoms with Crippen LogP contribution in [0.15, 0.2) is 59.0 Å². The van der Waals surface area contributed by atoms with E-state index in [9.17, 15) is 0 Å². The monoisotopic (exact) mass is 422 g/mol. The van der Waals surface area contributed by atoms with E-state index in [1.807, 2.05) is 35.7 Å². The smallest absolute Gasteiger partial charge is 0.191 e. The molecule has 1 aromatic carbocycles. The van der Waals surface area contributed by atoms with Crippen LogP contribution >= 0.6 is 11.3 Å². The number of aromatic amines is 1. The number of aromatic nitrogens is 2. The first-order valence-electron chi connectivity index (χ1n) is 10.7. The summed E-state index contributed by atoms with van der Waals surface area (Å²) >= 11 is 1.84. The molecular formula is C23H30N6S. The highest BCUT2D eigenvalue weighted by Crippen LogP contribution is 2.27. The molecule has 2 aromatic heterocycles. The minimum Gasteiger partial charge on any atom is -0.357 e. The third-order valence-electron chi connectivity index (χ3n) is 5.36. The van der Waals surface area contributed by atoms with Gasteiger partial charge in [0.15, 0.2) is 5.96 Å². The molecule has 3 N–H and O–H groups in total. The molecule has 4 rings (SSSR count). The van der Waals surface area contributed by atoms with Gasteiger partial charge in [-0.1, -0.05) is 36.4 Å². The molecule has 1 atom stereocenters. The number of rotatable bonds is 8. The van der Waals surface area contributed by atoms with Crippen molar-refractivity contribution in [2.24, 2.45) is 4.99 Å². The second kappa shape index (κ2) is 10.4. The van der Waals surface area contributed by atoms with Gasteiger partial charge < -0.3 is 15.6 Å². The van der Waals surface area contributed by atoms with Gasteiger partial charge in [0.1, 0.15) is 12.4 Å². The normalized spacial score (nSPS) is 16.0. The van der Waals surface area contributed by atoms with Gasteiger partial charge in [-0.05, 0) is 49.9 Å². The number of aliphatic imine (C=N–C) groups is 1. The quantitative estimate of drug-likeness (QED) is 0.379. The Hall–Kier alpha value is -2.64. The first-order valence-corrected chi connectivity index (χ1v) is 11.6. The Morgan fingerprint density at radius 3 is 2.73 bits per heavy atom. The molecule has 1 unspecified atom stereocenters. The zero-order valence-electron chi connectivity index (χ0n) is 17.5. The number of thiophene rings is 1. The Balaban J connectivity index is 1.40. The minimum atomic E-state index is 0.393. The van der Waals surface area contributed by atoms with Gasteiger partial charge in [-0.25, -0.2) is 9.98 Å². The van der Waals surface area contributed by atoms with Crippen molar-refractivity contribution < 1.29 is 0 Å². The summed E-state index contributed by atoms with van der Waals surface area (Å²) in [7, 11) is 0. The van der Waals surface area contributed by atoms with Crippen molar-refractivity contribution >= 4 is 17.3 Å². The van der Waals surface area contributed by atoms with Crippen LogP contribution < -0.4 is 10.6 Å². The predicted octanol–water partition coefficient (Wildman–Crippen LogP) is 4.03. The van der Waals surface area contributed by atoms with Crippen molar-refractivity contribution in [3.63, 3.8) is 0 Å². The van der Waals surface area contributed by atoms with Gasteiger partial charge in [0.25, 0.3) is 0 Å². The highest BCUT2D eigenvalue weighted by atomic mass is 32.1. The molecule has 3 aromatic rings. The van der Waals surface area contributed by atoms with Crippen molar-refractivity contribution in [3.05, 3.63) is 64.7 Å². The fourth-order valence-electron chi connectivity index (χ4n) is 3.84. The first-order chi connectivity index (χ1) is 14.8. The molecule has 30 heavy (non-hydrogen) atoms.